The van der Waals surface area contributed by atoms with Crippen LogP contribution < -0.4 is 15.4 Å². The van der Waals surface area contributed by atoms with Crippen molar-refractivity contribution < 1.29 is 18.7 Å². The molecule has 43 heavy (non-hydrogen) atoms. The molecule has 2 fully saturated rings. The van der Waals surface area contributed by atoms with Gasteiger partial charge in [0.2, 0.25) is 5.91 Å². The fourth-order valence-corrected chi connectivity index (χ4v) is 6.42. The highest BCUT2D eigenvalue weighted by atomic mass is 32.1. The smallest absolute Gasteiger partial charge is 0.319 e. The first-order chi connectivity index (χ1) is 20.9. The molecule has 1 saturated heterocycles. The molecule has 3 aromatic heterocycles. The summed E-state index contributed by atoms with van der Waals surface area (Å²) in [4.78, 5) is 39.1. The Labute approximate surface area is 254 Å². The minimum absolute atomic E-state index is 0.0534. The number of thiophene rings is 1. The Hall–Kier alpha value is -4.09. The maximum absolute atomic E-state index is 14.9. The normalized spacial score (nSPS) is 16.8. The summed E-state index contributed by atoms with van der Waals surface area (Å²) in [7, 11) is 1.89. The Kier molecular flexibility index (Phi) is 8.53. The van der Waals surface area contributed by atoms with Crippen LogP contribution in [0.25, 0.3) is 20.8 Å². The summed E-state index contributed by atoms with van der Waals surface area (Å²) in [5.41, 5.74) is 2.95. The molecule has 2 aliphatic rings. The molecule has 0 radical (unpaired) electrons. The molecule has 1 unspecified atom stereocenters. The summed E-state index contributed by atoms with van der Waals surface area (Å²) in [5.74, 6) is 0.157. The lowest BCUT2D eigenvalue weighted by molar-refractivity contribution is -0.134. The van der Waals surface area contributed by atoms with Gasteiger partial charge in [-0.05, 0) is 68.5 Å². The number of ether oxygens (including phenoxy) is 1. The standard InChI is InChI=1S/C32H35FN6O3S/c1-3-14-38(2)31(40)26-5-4-15-39(26)19-20-6-10-24(35-18-20)29-17-25-30(43-29)28(12-13-34-25)42-27-11-9-22(16-23(27)33)37-32(41)36-21-7-8-21/h6,9-13,16-18,21,26H,3-5,7-8,14-15,19H2,1-2H3,(H2,36,37,41). The van der Waals surface area contributed by atoms with Gasteiger partial charge in [-0.1, -0.05) is 13.0 Å². The number of hydrogen-bond acceptors (Lipinski definition) is 7. The van der Waals surface area contributed by atoms with Gasteiger partial charge in [0.15, 0.2) is 11.6 Å². The average Bonchev–Trinajstić information content (AvgIpc) is 3.49. The summed E-state index contributed by atoms with van der Waals surface area (Å²) < 4.78 is 21.7. The van der Waals surface area contributed by atoms with Crippen LogP contribution >= 0.6 is 11.3 Å². The van der Waals surface area contributed by atoms with Crippen molar-refractivity contribution in [2.45, 2.75) is 57.7 Å². The third-order valence-corrected chi connectivity index (χ3v) is 8.91. The van der Waals surface area contributed by atoms with E-state index < -0.39 is 5.82 Å². The van der Waals surface area contributed by atoms with Gasteiger partial charge in [0, 0.05) is 56.4 Å². The number of nitrogens with zero attached hydrogens (tertiary/aromatic N) is 4. The summed E-state index contributed by atoms with van der Waals surface area (Å²) in [6.45, 7) is 4.44. The van der Waals surface area contributed by atoms with E-state index >= 15 is 0 Å². The van der Waals surface area contributed by atoms with Crippen molar-refractivity contribution in [2.75, 3.05) is 25.5 Å². The number of likely N-dealkylation sites (tertiary alicyclic amines) is 1. The van der Waals surface area contributed by atoms with Gasteiger partial charge in [-0.15, -0.1) is 11.3 Å². The molecule has 9 nitrogen and oxygen atoms in total. The molecule has 0 bridgehead atoms. The van der Waals surface area contributed by atoms with Crippen molar-refractivity contribution >= 4 is 39.2 Å². The number of benzene rings is 1. The van der Waals surface area contributed by atoms with Gasteiger partial charge in [-0.3, -0.25) is 19.7 Å². The lowest BCUT2D eigenvalue weighted by Crippen LogP contribution is -2.44. The van der Waals surface area contributed by atoms with E-state index in [4.69, 9.17) is 9.72 Å². The third-order valence-electron chi connectivity index (χ3n) is 7.74. The molecular weight excluding hydrogens is 567 g/mol. The summed E-state index contributed by atoms with van der Waals surface area (Å²) >= 11 is 1.48. The zero-order valence-corrected chi connectivity index (χ0v) is 25.1. The monoisotopic (exact) mass is 602 g/mol. The molecule has 1 atom stereocenters. The number of fused-ring (bicyclic) bond motifs is 1. The largest absolute Gasteiger partial charge is 0.453 e. The number of anilines is 1. The first-order valence-electron chi connectivity index (χ1n) is 14.8. The predicted molar refractivity (Wildman–Crippen MR) is 166 cm³/mol. The Bertz CT molecular complexity index is 1620. The van der Waals surface area contributed by atoms with Crippen molar-refractivity contribution in [3.8, 4) is 22.1 Å². The second kappa shape index (κ2) is 12.6. The maximum Gasteiger partial charge on any atom is 0.319 e. The van der Waals surface area contributed by atoms with E-state index in [0.717, 1.165) is 71.5 Å². The predicted octanol–water partition coefficient (Wildman–Crippen LogP) is 6.41. The zero-order valence-electron chi connectivity index (χ0n) is 24.3. The van der Waals surface area contributed by atoms with Crippen LogP contribution in [0.2, 0.25) is 0 Å². The molecular formula is C32H35FN6O3S. The van der Waals surface area contributed by atoms with Crippen molar-refractivity contribution in [3.63, 3.8) is 0 Å². The number of aromatic nitrogens is 2. The third kappa shape index (κ3) is 6.78. The molecule has 1 saturated carbocycles. The molecule has 2 N–H and O–H groups in total. The van der Waals surface area contributed by atoms with Crippen molar-refractivity contribution in [2.24, 2.45) is 0 Å². The van der Waals surface area contributed by atoms with Gasteiger partial charge < -0.3 is 20.3 Å². The number of hydrogen-bond donors (Lipinski definition) is 2. The zero-order chi connectivity index (χ0) is 29.9. The first kappa shape index (κ1) is 29.0. The molecule has 4 aromatic rings. The minimum atomic E-state index is -0.581. The number of nitrogens with one attached hydrogen (secondary N) is 2. The van der Waals surface area contributed by atoms with E-state index in [2.05, 4.69) is 33.5 Å². The highest BCUT2D eigenvalue weighted by Gasteiger charge is 2.32. The molecule has 1 aliphatic carbocycles. The van der Waals surface area contributed by atoms with Crippen LogP contribution in [0, 0.1) is 5.82 Å². The summed E-state index contributed by atoms with van der Waals surface area (Å²) in [5, 5.41) is 5.47. The highest BCUT2D eigenvalue weighted by molar-refractivity contribution is 7.22. The second-order valence-corrected chi connectivity index (χ2v) is 12.2. The number of rotatable bonds is 10. The number of halogens is 1. The van der Waals surface area contributed by atoms with E-state index in [-0.39, 0.29) is 29.8 Å². The van der Waals surface area contributed by atoms with E-state index in [9.17, 15) is 14.0 Å². The number of amides is 3. The van der Waals surface area contributed by atoms with Crippen LogP contribution in [0.3, 0.4) is 0 Å². The van der Waals surface area contributed by atoms with Gasteiger partial charge in [-0.25, -0.2) is 9.18 Å². The van der Waals surface area contributed by atoms with Crippen molar-refractivity contribution in [3.05, 3.63) is 66.2 Å². The van der Waals surface area contributed by atoms with Crippen LogP contribution in [-0.4, -0.2) is 63.9 Å². The van der Waals surface area contributed by atoms with Crippen LogP contribution in [0.5, 0.6) is 11.5 Å². The average molecular weight is 603 g/mol. The van der Waals surface area contributed by atoms with E-state index in [0.29, 0.717) is 18.0 Å². The van der Waals surface area contributed by atoms with Crippen molar-refractivity contribution in [1.29, 1.82) is 0 Å². The maximum atomic E-state index is 14.9. The Balaban J connectivity index is 1.13. The van der Waals surface area contributed by atoms with Crippen LogP contribution in [0.1, 0.15) is 44.6 Å². The second-order valence-electron chi connectivity index (χ2n) is 11.2. The minimum Gasteiger partial charge on any atom is -0.453 e. The number of pyridine rings is 2. The summed E-state index contributed by atoms with van der Waals surface area (Å²) in [6.07, 6.45) is 8.30. The van der Waals surface area contributed by atoms with E-state index in [1.54, 1.807) is 18.3 Å². The van der Waals surface area contributed by atoms with E-state index in [1.165, 1.54) is 23.5 Å². The highest BCUT2D eigenvalue weighted by Crippen LogP contribution is 2.39. The quantitative estimate of drug-likeness (QED) is 0.218. The van der Waals surface area contributed by atoms with Crippen LogP contribution in [0.4, 0.5) is 14.9 Å². The number of carbonyl (C=O) groups excluding carboxylic acids is 2. The molecule has 1 aromatic carbocycles. The number of carbonyl (C=O) groups is 2. The topological polar surface area (TPSA) is 99.7 Å². The Morgan fingerprint density at radius 2 is 1.98 bits per heavy atom. The number of likely N-dealkylation sites (N-methyl/N-ethyl adjacent to an activating group) is 1. The number of urea groups is 1. The lowest BCUT2D eigenvalue weighted by Gasteiger charge is -2.27. The van der Waals surface area contributed by atoms with Gasteiger partial charge in [0.1, 0.15) is 5.75 Å². The fourth-order valence-electron chi connectivity index (χ4n) is 5.37. The Morgan fingerprint density at radius 3 is 2.72 bits per heavy atom. The lowest BCUT2D eigenvalue weighted by atomic mass is 10.1. The van der Waals surface area contributed by atoms with E-state index in [1.807, 2.05) is 30.3 Å². The first-order valence-corrected chi connectivity index (χ1v) is 15.6. The molecule has 11 heteroatoms. The van der Waals surface area contributed by atoms with Crippen LogP contribution in [-0.2, 0) is 11.3 Å². The van der Waals surface area contributed by atoms with Gasteiger partial charge in [0.25, 0.3) is 0 Å². The molecule has 224 valence electrons. The van der Waals surface area contributed by atoms with Crippen LogP contribution in [0.15, 0.2) is 54.9 Å². The van der Waals surface area contributed by atoms with Gasteiger partial charge >= 0.3 is 6.03 Å². The molecule has 3 amide bonds. The Morgan fingerprint density at radius 1 is 1.12 bits per heavy atom. The fraction of sp³-hybridized carbons (Fsp3) is 0.375. The van der Waals surface area contributed by atoms with Crippen molar-refractivity contribution in [1.82, 2.24) is 25.1 Å². The SMILES string of the molecule is CCCN(C)C(=O)C1CCCN1Cc1ccc(-c2cc3nccc(Oc4ccc(NC(=O)NC5CC5)cc4F)c3s2)nc1. The van der Waals surface area contributed by atoms with Gasteiger partial charge in [0.05, 0.1) is 26.8 Å². The molecule has 4 heterocycles. The van der Waals surface area contributed by atoms with Gasteiger partial charge in [-0.2, -0.15) is 0 Å². The molecule has 1 aliphatic heterocycles. The molecule has 0 spiro atoms. The summed E-state index contributed by atoms with van der Waals surface area (Å²) in [6, 6.07) is 11.9. The molecule has 6 rings (SSSR count).